The zero-order chi connectivity index (χ0) is 16.8. The molecule has 1 aliphatic carbocycles. The molecule has 1 heterocycles. The van der Waals surface area contributed by atoms with Crippen molar-refractivity contribution in [3.8, 4) is 0 Å². The van der Waals surface area contributed by atoms with Crippen LogP contribution < -0.4 is 16.6 Å². The lowest BCUT2D eigenvalue weighted by molar-refractivity contribution is 0.625. The van der Waals surface area contributed by atoms with Crippen molar-refractivity contribution >= 4 is 5.96 Å². The van der Waals surface area contributed by atoms with E-state index >= 15 is 0 Å². The Balaban J connectivity index is 1.56. The molecule has 1 aromatic carbocycles. The van der Waals surface area contributed by atoms with Crippen LogP contribution in [0.15, 0.2) is 58.4 Å². The number of hydrogen-bond donors (Lipinski definition) is 2. The van der Waals surface area contributed by atoms with Gasteiger partial charge in [-0.05, 0) is 30.0 Å². The van der Waals surface area contributed by atoms with E-state index in [1.165, 1.54) is 25.7 Å². The SMILES string of the molecule is NC(=NCc1ccc(Cn2ccccc2=O)cc1)NC1CCCC1. The van der Waals surface area contributed by atoms with E-state index in [9.17, 15) is 4.79 Å². The van der Waals surface area contributed by atoms with E-state index < -0.39 is 0 Å². The molecule has 126 valence electrons. The fraction of sp³-hybridized carbons (Fsp3) is 0.368. The van der Waals surface area contributed by atoms with Gasteiger partial charge in [-0.15, -0.1) is 0 Å². The number of pyridine rings is 1. The van der Waals surface area contributed by atoms with Crippen LogP contribution in [0.1, 0.15) is 36.8 Å². The second-order valence-electron chi connectivity index (χ2n) is 6.31. The van der Waals surface area contributed by atoms with Crippen LogP contribution in [0.2, 0.25) is 0 Å². The largest absolute Gasteiger partial charge is 0.370 e. The standard InChI is InChI=1S/C19H24N4O/c20-19(22-17-5-1-2-6-17)21-13-15-8-10-16(11-9-15)14-23-12-4-3-7-18(23)24/h3-4,7-12,17H,1-2,5-6,13-14H2,(H3,20,21,22). The Morgan fingerprint density at radius 1 is 1.12 bits per heavy atom. The smallest absolute Gasteiger partial charge is 0.250 e. The molecule has 0 radical (unpaired) electrons. The van der Waals surface area contributed by atoms with Gasteiger partial charge in [0, 0.05) is 18.3 Å². The molecule has 1 saturated carbocycles. The summed E-state index contributed by atoms with van der Waals surface area (Å²) in [6.45, 7) is 1.14. The molecule has 0 saturated heterocycles. The minimum absolute atomic E-state index is 0.0111. The van der Waals surface area contributed by atoms with Crippen molar-refractivity contribution < 1.29 is 0 Å². The molecule has 1 aromatic heterocycles. The first-order valence-electron chi connectivity index (χ1n) is 8.50. The van der Waals surface area contributed by atoms with Gasteiger partial charge < -0.3 is 15.6 Å². The van der Waals surface area contributed by atoms with Gasteiger partial charge >= 0.3 is 0 Å². The third-order valence-electron chi connectivity index (χ3n) is 4.41. The van der Waals surface area contributed by atoms with Gasteiger partial charge in [-0.25, -0.2) is 4.99 Å². The third-order valence-corrected chi connectivity index (χ3v) is 4.41. The first-order valence-corrected chi connectivity index (χ1v) is 8.50. The van der Waals surface area contributed by atoms with Crippen LogP contribution in [0.3, 0.4) is 0 Å². The monoisotopic (exact) mass is 324 g/mol. The summed E-state index contributed by atoms with van der Waals surface area (Å²) in [6.07, 6.45) is 6.72. The highest BCUT2D eigenvalue weighted by Crippen LogP contribution is 2.17. The number of hydrogen-bond acceptors (Lipinski definition) is 2. The van der Waals surface area contributed by atoms with Crippen LogP contribution >= 0.6 is 0 Å². The van der Waals surface area contributed by atoms with Gasteiger partial charge in [-0.3, -0.25) is 4.79 Å². The lowest BCUT2D eigenvalue weighted by atomic mass is 10.1. The number of benzene rings is 1. The van der Waals surface area contributed by atoms with Crippen molar-refractivity contribution in [1.29, 1.82) is 0 Å². The van der Waals surface area contributed by atoms with Gasteiger partial charge in [0.2, 0.25) is 0 Å². The lowest BCUT2D eigenvalue weighted by Gasteiger charge is -2.12. The van der Waals surface area contributed by atoms with Crippen molar-refractivity contribution in [3.63, 3.8) is 0 Å². The van der Waals surface area contributed by atoms with Crippen LogP contribution in [0.5, 0.6) is 0 Å². The summed E-state index contributed by atoms with van der Waals surface area (Å²) in [5.41, 5.74) is 8.16. The van der Waals surface area contributed by atoms with Crippen LogP contribution in [-0.2, 0) is 13.1 Å². The number of guanidine groups is 1. The van der Waals surface area contributed by atoms with Gasteiger partial charge in [-0.2, -0.15) is 0 Å². The molecule has 5 heteroatoms. The van der Waals surface area contributed by atoms with E-state index in [2.05, 4.69) is 10.3 Å². The number of nitrogens with zero attached hydrogens (tertiary/aromatic N) is 2. The zero-order valence-corrected chi connectivity index (χ0v) is 13.8. The molecular weight excluding hydrogens is 300 g/mol. The summed E-state index contributed by atoms with van der Waals surface area (Å²) in [4.78, 5) is 16.1. The maximum atomic E-state index is 11.7. The quantitative estimate of drug-likeness (QED) is 0.654. The lowest BCUT2D eigenvalue weighted by Crippen LogP contribution is -2.38. The summed E-state index contributed by atoms with van der Waals surface area (Å²) >= 11 is 0. The first kappa shape index (κ1) is 16.3. The van der Waals surface area contributed by atoms with E-state index in [1.807, 2.05) is 30.3 Å². The van der Waals surface area contributed by atoms with Crippen LogP contribution in [0, 0.1) is 0 Å². The van der Waals surface area contributed by atoms with Crippen molar-refractivity contribution in [2.45, 2.75) is 44.8 Å². The highest BCUT2D eigenvalue weighted by atomic mass is 16.1. The van der Waals surface area contributed by atoms with Gasteiger partial charge in [-0.1, -0.05) is 43.2 Å². The van der Waals surface area contributed by atoms with Crippen molar-refractivity contribution in [1.82, 2.24) is 9.88 Å². The molecular formula is C19H24N4O. The Bertz CT molecular complexity index is 742. The Labute approximate surface area is 142 Å². The van der Waals surface area contributed by atoms with Crippen molar-refractivity contribution in [2.75, 3.05) is 0 Å². The van der Waals surface area contributed by atoms with E-state index in [0.29, 0.717) is 25.1 Å². The van der Waals surface area contributed by atoms with Gasteiger partial charge in [0.1, 0.15) is 0 Å². The normalized spacial score (nSPS) is 15.6. The topological polar surface area (TPSA) is 72.4 Å². The molecule has 3 N–H and O–H groups in total. The van der Waals surface area contributed by atoms with Gasteiger partial charge in [0.05, 0.1) is 13.1 Å². The predicted octanol–water partition coefficient (Wildman–Crippen LogP) is 2.24. The molecule has 0 aliphatic heterocycles. The molecule has 0 bridgehead atoms. The highest BCUT2D eigenvalue weighted by Gasteiger charge is 2.14. The summed E-state index contributed by atoms with van der Waals surface area (Å²) < 4.78 is 1.69. The fourth-order valence-corrected chi connectivity index (χ4v) is 3.04. The van der Waals surface area contributed by atoms with Gasteiger partial charge in [0.15, 0.2) is 5.96 Å². The first-order chi connectivity index (χ1) is 11.7. The van der Waals surface area contributed by atoms with Crippen LogP contribution in [-0.4, -0.2) is 16.6 Å². The molecule has 1 fully saturated rings. The Hall–Kier alpha value is -2.56. The average Bonchev–Trinajstić information content (AvgIpc) is 3.09. The molecule has 24 heavy (non-hydrogen) atoms. The minimum atomic E-state index is 0.0111. The summed E-state index contributed by atoms with van der Waals surface area (Å²) in [7, 11) is 0. The predicted molar refractivity (Wildman–Crippen MR) is 97.0 cm³/mol. The molecule has 1 aliphatic rings. The number of aliphatic imine (C=N–C) groups is 1. The van der Waals surface area contributed by atoms with E-state index in [4.69, 9.17) is 5.73 Å². The van der Waals surface area contributed by atoms with E-state index in [0.717, 1.165) is 11.1 Å². The molecule has 0 spiro atoms. The fourth-order valence-electron chi connectivity index (χ4n) is 3.04. The maximum Gasteiger partial charge on any atom is 0.250 e. The van der Waals surface area contributed by atoms with Crippen molar-refractivity contribution in [3.05, 3.63) is 70.1 Å². The summed E-state index contributed by atoms with van der Waals surface area (Å²) in [5, 5.41) is 3.29. The summed E-state index contributed by atoms with van der Waals surface area (Å²) in [5.74, 6) is 0.529. The number of nitrogens with two attached hydrogens (primary N) is 1. The van der Waals surface area contributed by atoms with E-state index in [-0.39, 0.29) is 5.56 Å². The molecule has 2 aromatic rings. The Morgan fingerprint density at radius 2 is 1.83 bits per heavy atom. The molecule has 0 atom stereocenters. The molecule has 0 unspecified atom stereocenters. The summed E-state index contributed by atoms with van der Waals surface area (Å²) in [6, 6.07) is 13.8. The Morgan fingerprint density at radius 3 is 2.54 bits per heavy atom. The second-order valence-corrected chi connectivity index (χ2v) is 6.31. The minimum Gasteiger partial charge on any atom is -0.370 e. The molecule has 3 rings (SSSR count). The van der Waals surface area contributed by atoms with E-state index in [1.54, 1.807) is 22.9 Å². The maximum absolute atomic E-state index is 11.7. The Kier molecular flexibility index (Phi) is 5.31. The van der Waals surface area contributed by atoms with Crippen LogP contribution in [0.4, 0.5) is 0 Å². The molecule has 5 nitrogen and oxygen atoms in total. The second kappa shape index (κ2) is 7.81. The van der Waals surface area contributed by atoms with Gasteiger partial charge in [0.25, 0.3) is 5.56 Å². The third kappa shape index (κ3) is 4.47. The number of aromatic nitrogens is 1. The number of rotatable bonds is 5. The molecule has 0 amide bonds. The van der Waals surface area contributed by atoms with Crippen LogP contribution in [0.25, 0.3) is 0 Å². The highest BCUT2D eigenvalue weighted by molar-refractivity contribution is 5.78. The number of nitrogens with one attached hydrogen (secondary N) is 1. The van der Waals surface area contributed by atoms with Crippen molar-refractivity contribution in [2.24, 2.45) is 10.7 Å². The zero-order valence-electron chi connectivity index (χ0n) is 13.8. The average molecular weight is 324 g/mol.